The van der Waals surface area contributed by atoms with Gasteiger partial charge in [0.1, 0.15) is 12.1 Å². The molecule has 0 aromatic carbocycles. The SMILES string of the molecule is CCC(C)(C)N(C)c1ncnc2c1CNCC2. The molecule has 4 heteroatoms. The van der Waals surface area contributed by atoms with E-state index in [1.807, 2.05) is 0 Å². The number of fused-ring (bicyclic) bond motifs is 1. The minimum atomic E-state index is 0.125. The maximum atomic E-state index is 4.48. The lowest BCUT2D eigenvalue weighted by Gasteiger charge is -2.37. The lowest BCUT2D eigenvalue weighted by Crippen LogP contribution is -2.42. The van der Waals surface area contributed by atoms with E-state index < -0.39 is 0 Å². The molecule has 1 aromatic heterocycles. The monoisotopic (exact) mass is 234 g/mol. The third kappa shape index (κ3) is 2.27. The Labute approximate surface area is 103 Å². The second-order valence-corrected chi connectivity index (χ2v) is 5.27. The number of hydrogen-bond donors (Lipinski definition) is 1. The standard InChI is InChI=1S/C13H22N4/c1-5-13(2,3)17(4)12-10-8-14-7-6-11(10)15-9-16-12/h9,14H,5-8H2,1-4H3. The number of aromatic nitrogens is 2. The van der Waals surface area contributed by atoms with Crippen LogP contribution in [0, 0.1) is 0 Å². The Hall–Kier alpha value is -1.16. The third-order valence-electron chi connectivity index (χ3n) is 3.94. The van der Waals surface area contributed by atoms with E-state index in [9.17, 15) is 0 Å². The minimum Gasteiger partial charge on any atom is -0.354 e. The van der Waals surface area contributed by atoms with Crippen LogP contribution in [-0.2, 0) is 13.0 Å². The summed E-state index contributed by atoms with van der Waals surface area (Å²) in [6.45, 7) is 8.61. The first kappa shape index (κ1) is 12.3. The molecule has 1 aliphatic heterocycles. The van der Waals surface area contributed by atoms with Crippen molar-refractivity contribution in [3.63, 3.8) is 0 Å². The van der Waals surface area contributed by atoms with Gasteiger partial charge in [-0.15, -0.1) is 0 Å². The van der Waals surface area contributed by atoms with Crippen molar-refractivity contribution in [3.05, 3.63) is 17.6 Å². The highest BCUT2D eigenvalue weighted by atomic mass is 15.2. The molecule has 0 spiro atoms. The molecule has 2 rings (SSSR count). The minimum absolute atomic E-state index is 0.125. The van der Waals surface area contributed by atoms with Crippen LogP contribution in [0.5, 0.6) is 0 Å². The molecule has 0 radical (unpaired) electrons. The number of hydrogen-bond acceptors (Lipinski definition) is 4. The molecule has 0 amide bonds. The molecule has 1 N–H and O–H groups in total. The van der Waals surface area contributed by atoms with E-state index in [2.05, 4.69) is 48.0 Å². The normalized spacial score (nSPS) is 15.5. The van der Waals surface area contributed by atoms with Gasteiger partial charge in [0, 0.05) is 37.7 Å². The van der Waals surface area contributed by atoms with Crippen LogP contribution in [0.15, 0.2) is 6.33 Å². The van der Waals surface area contributed by atoms with Crippen LogP contribution in [0.3, 0.4) is 0 Å². The highest BCUT2D eigenvalue weighted by Gasteiger charge is 2.26. The van der Waals surface area contributed by atoms with Crippen LogP contribution >= 0.6 is 0 Å². The van der Waals surface area contributed by atoms with Crippen LogP contribution in [0.1, 0.15) is 38.4 Å². The van der Waals surface area contributed by atoms with Gasteiger partial charge in [0.05, 0.1) is 5.69 Å². The summed E-state index contributed by atoms with van der Waals surface area (Å²) in [5.41, 5.74) is 2.59. The molecule has 0 unspecified atom stereocenters. The summed E-state index contributed by atoms with van der Waals surface area (Å²) in [6.07, 6.45) is 3.79. The van der Waals surface area contributed by atoms with Crippen molar-refractivity contribution < 1.29 is 0 Å². The Bertz CT molecular complexity index is 400. The number of rotatable bonds is 3. The number of nitrogens with zero attached hydrogens (tertiary/aromatic N) is 3. The Kier molecular flexibility index (Phi) is 3.33. The maximum absolute atomic E-state index is 4.48. The van der Waals surface area contributed by atoms with E-state index >= 15 is 0 Å². The molecule has 0 atom stereocenters. The molecule has 4 nitrogen and oxygen atoms in total. The molecule has 0 fully saturated rings. The van der Waals surface area contributed by atoms with Crippen molar-refractivity contribution in [3.8, 4) is 0 Å². The van der Waals surface area contributed by atoms with E-state index in [0.29, 0.717) is 0 Å². The van der Waals surface area contributed by atoms with Crippen molar-refractivity contribution >= 4 is 5.82 Å². The molecule has 0 aliphatic carbocycles. The van der Waals surface area contributed by atoms with Crippen molar-refractivity contribution in [1.29, 1.82) is 0 Å². The molecule has 2 heterocycles. The molecular weight excluding hydrogens is 212 g/mol. The molecule has 0 bridgehead atoms. The van der Waals surface area contributed by atoms with Crippen LogP contribution in [0.25, 0.3) is 0 Å². The summed E-state index contributed by atoms with van der Waals surface area (Å²) in [7, 11) is 2.13. The summed E-state index contributed by atoms with van der Waals surface area (Å²) in [5, 5.41) is 3.40. The van der Waals surface area contributed by atoms with Gasteiger partial charge in [0.25, 0.3) is 0 Å². The first-order valence-electron chi connectivity index (χ1n) is 6.33. The lowest BCUT2D eigenvalue weighted by atomic mass is 9.98. The van der Waals surface area contributed by atoms with Gasteiger partial charge in [0.2, 0.25) is 0 Å². The van der Waals surface area contributed by atoms with E-state index in [4.69, 9.17) is 0 Å². The molecular formula is C13H22N4. The van der Waals surface area contributed by atoms with Crippen molar-refractivity contribution in [2.45, 2.75) is 45.7 Å². The fourth-order valence-corrected chi connectivity index (χ4v) is 2.07. The molecule has 0 saturated heterocycles. The van der Waals surface area contributed by atoms with Gasteiger partial charge >= 0.3 is 0 Å². The Morgan fingerprint density at radius 1 is 1.41 bits per heavy atom. The molecule has 0 saturated carbocycles. The Morgan fingerprint density at radius 2 is 2.18 bits per heavy atom. The number of nitrogens with one attached hydrogen (secondary N) is 1. The molecule has 1 aromatic rings. The highest BCUT2D eigenvalue weighted by Crippen LogP contribution is 2.28. The van der Waals surface area contributed by atoms with E-state index in [0.717, 1.165) is 31.7 Å². The van der Waals surface area contributed by atoms with E-state index in [1.54, 1.807) is 6.33 Å². The van der Waals surface area contributed by atoms with Gasteiger partial charge in [-0.25, -0.2) is 9.97 Å². The summed E-state index contributed by atoms with van der Waals surface area (Å²) in [5.74, 6) is 1.08. The van der Waals surface area contributed by atoms with Gasteiger partial charge in [-0.3, -0.25) is 0 Å². The zero-order valence-electron chi connectivity index (χ0n) is 11.2. The zero-order chi connectivity index (χ0) is 12.5. The van der Waals surface area contributed by atoms with Gasteiger partial charge < -0.3 is 10.2 Å². The lowest BCUT2D eigenvalue weighted by molar-refractivity contribution is 0.463. The van der Waals surface area contributed by atoms with Gasteiger partial charge in [0.15, 0.2) is 0 Å². The first-order valence-corrected chi connectivity index (χ1v) is 6.33. The summed E-state index contributed by atoms with van der Waals surface area (Å²) < 4.78 is 0. The predicted octanol–water partition coefficient (Wildman–Crippen LogP) is 1.75. The third-order valence-corrected chi connectivity index (χ3v) is 3.94. The maximum Gasteiger partial charge on any atom is 0.136 e. The highest BCUT2D eigenvalue weighted by molar-refractivity contribution is 5.50. The average molecular weight is 234 g/mol. The zero-order valence-corrected chi connectivity index (χ0v) is 11.2. The summed E-state index contributed by atoms with van der Waals surface area (Å²) in [6, 6.07) is 0. The molecule has 17 heavy (non-hydrogen) atoms. The second-order valence-electron chi connectivity index (χ2n) is 5.27. The smallest absolute Gasteiger partial charge is 0.136 e. The van der Waals surface area contributed by atoms with E-state index in [1.165, 1.54) is 11.3 Å². The number of anilines is 1. The first-order chi connectivity index (χ1) is 8.06. The average Bonchev–Trinajstić information content (AvgIpc) is 2.37. The predicted molar refractivity (Wildman–Crippen MR) is 70.2 cm³/mol. The van der Waals surface area contributed by atoms with Crippen molar-refractivity contribution in [2.75, 3.05) is 18.5 Å². The van der Waals surface area contributed by atoms with Gasteiger partial charge in [-0.1, -0.05) is 6.92 Å². The van der Waals surface area contributed by atoms with Crippen LogP contribution in [0.2, 0.25) is 0 Å². The summed E-state index contributed by atoms with van der Waals surface area (Å²) >= 11 is 0. The van der Waals surface area contributed by atoms with Crippen LogP contribution in [0.4, 0.5) is 5.82 Å². The largest absolute Gasteiger partial charge is 0.354 e. The second kappa shape index (κ2) is 4.61. The van der Waals surface area contributed by atoms with Crippen molar-refractivity contribution in [1.82, 2.24) is 15.3 Å². The molecule has 1 aliphatic rings. The van der Waals surface area contributed by atoms with Gasteiger partial charge in [-0.05, 0) is 20.3 Å². The van der Waals surface area contributed by atoms with Crippen molar-refractivity contribution in [2.24, 2.45) is 0 Å². The Balaban J connectivity index is 2.39. The quantitative estimate of drug-likeness (QED) is 0.865. The van der Waals surface area contributed by atoms with Gasteiger partial charge in [-0.2, -0.15) is 0 Å². The fraction of sp³-hybridized carbons (Fsp3) is 0.692. The van der Waals surface area contributed by atoms with E-state index in [-0.39, 0.29) is 5.54 Å². The van der Waals surface area contributed by atoms with Crippen LogP contribution in [-0.4, -0.2) is 29.1 Å². The molecule has 94 valence electrons. The summed E-state index contributed by atoms with van der Waals surface area (Å²) in [4.78, 5) is 11.2. The van der Waals surface area contributed by atoms with Crippen LogP contribution < -0.4 is 10.2 Å². The fourth-order valence-electron chi connectivity index (χ4n) is 2.07. The topological polar surface area (TPSA) is 41.1 Å². The Morgan fingerprint density at radius 3 is 2.88 bits per heavy atom.